The monoisotopic (exact) mass is 443 g/mol. The lowest BCUT2D eigenvalue weighted by molar-refractivity contribution is 0.102. The van der Waals surface area contributed by atoms with E-state index in [-0.39, 0.29) is 4.90 Å². The largest absolute Gasteiger partial charge is 0.296 e. The molecule has 1 aromatic carbocycles. The Morgan fingerprint density at radius 1 is 0.966 bits per heavy atom. The summed E-state index contributed by atoms with van der Waals surface area (Å²) in [5, 5.41) is 15.7. The number of amides is 1. The average molecular weight is 444 g/mol. The lowest BCUT2D eigenvalue weighted by Gasteiger charge is -2.08. The first-order chi connectivity index (χ1) is 14.0. The smallest absolute Gasteiger partial charge is 0.261 e. The third kappa shape index (κ3) is 4.47. The number of anilines is 2. The molecule has 0 bridgehead atoms. The predicted octanol–water partition coefficient (Wildman–Crippen LogP) is 3.71. The van der Waals surface area contributed by atoms with Gasteiger partial charge >= 0.3 is 0 Å². The van der Waals surface area contributed by atoms with Gasteiger partial charge in [0.25, 0.3) is 15.9 Å². The van der Waals surface area contributed by atoms with Crippen molar-refractivity contribution in [2.45, 2.75) is 4.90 Å². The van der Waals surface area contributed by atoms with Crippen LogP contribution in [0.1, 0.15) is 10.4 Å². The van der Waals surface area contributed by atoms with Crippen LogP contribution in [0.4, 0.5) is 10.8 Å². The summed E-state index contributed by atoms with van der Waals surface area (Å²) in [5.74, 6) is -0.399. The molecule has 146 valence electrons. The van der Waals surface area contributed by atoms with Crippen LogP contribution in [-0.4, -0.2) is 29.5 Å². The molecule has 0 unspecified atom stereocenters. The fraction of sp³-hybridized carbons (Fsp3) is 0. The molecule has 0 radical (unpaired) electrons. The van der Waals surface area contributed by atoms with Gasteiger partial charge in [-0.2, -0.15) is 11.3 Å². The normalized spacial score (nSPS) is 11.2. The second-order valence-electron chi connectivity index (χ2n) is 5.74. The summed E-state index contributed by atoms with van der Waals surface area (Å²) in [7, 11) is -3.77. The zero-order chi connectivity index (χ0) is 20.3. The molecule has 11 heteroatoms. The molecule has 0 atom stereocenters. The summed E-state index contributed by atoms with van der Waals surface area (Å²) in [6.45, 7) is 0. The summed E-state index contributed by atoms with van der Waals surface area (Å²) in [6.07, 6.45) is 2.98. The van der Waals surface area contributed by atoms with E-state index in [9.17, 15) is 13.2 Å². The van der Waals surface area contributed by atoms with Gasteiger partial charge in [0, 0.05) is 28.9 Å². The van der Waals surface area contributed by atoms with Crippen LogP contribution >= 0.6 is 22.7 Å². The van der Waals surface area contributed by atoms with Crippen LogP contribution in [0.2, 0.25) is 0 Å². The van der Waals surface area contributed by atoms with E-state index in [4.69, 9.17) is 0 Å². The number of thiophene rings is 1. The molecule has 4 rings (SSSR count). The van der Waals surface area contributed by atoms with Gasteiger partial charge in [0.1, 0.15) is 5.01 Å². The minimum Gasteiger partial charge on any atom is -0.296 e. The summed E-state index contributed by atoms with van der Waals surface area (Å²) < 4.78 is 27.3. The molecular formula is C18H13N5O3S3. The maximum absolute atomic E-state index is 12.4. The van der Waals surface area contributed by atoms with Crippen LogP contribution in [0, 0.1) is 0 Å². The van der Waals surface area contributed by atoms with Gasteiger partial charge in [-0.3, -0.25) is 19.8 Å². The zero-order valence-electron chi connectivity index (χ0n) is 14.6. The number of nitrogens with zero attached hydrogens (tertiary/aromatic N) is 3. The number of carbonyl (C=O) groups is 1. The fourth-order valence-electron chi connectivity index (χ4n) is 2.37. The summed E-state index contributed by atoms with van der Waals surface area (Å²) in [6, 6.07) is 10.6. The topological polar surface area (TPSA) is 114 Å². The third-order valence-electron chi connectivity index (χ3n) is 3.77. The van der Waals surface area contributed by atoms with E-state index >= 15 is 0 Å². The Hall–Kier alpha value is -3.15. The van der Waals surface area contributed by atoms with E-state index < -0.39 is 15.9 Å². The van der Waals surface area contributed by atoms with E-state index in [1.54, 1.807) is 23.5 Å². The molecule has 8 nitrogen and oxygen atoms in total. The van der Waals surface area contributed by atoms with Gasteiger partial charge in [-0.15, -0.1) is 10.2 Å². The number of rotatable bonds is 6. The second kappa shape index (κ2) is 8.07. The Bertz CT molecular complexity index is 1220. The highest BCUT2D eigenvalue weighted by molar-refractivity contribution is 7.92. The van der Waals surface area contributed by atoms with Crippen molar-refractivity contribution in [3.8, 4) is 10.6 Å². The number of pyridine rings is 1. The third-order valence-corrected chi connectivity index (χ3v) is 6.74. The molecule has 0 aliphatic rings. The number of sulfonamides is 1. The number of carbonyl (C=O) groups excluding carboxylic acids is 1. The summed E-state index contributed by atoms with van der Waals surface area (Å²) in [4.78, 5) is 16.3. The molecule has 3 aromatic heterocycles. The minimum absolute atomic E-state index is 0.0431. The Kier molecular flexibility index (Phi) is 5.34. The van der Waals surface area contributed by atoms with E-state index in [0.717, 1.165) is 5.56 Å². The first-order valence-electron chi connectivity index (χ1n) is 8.22. The predicted molar refractivity (Wildman–Crippen MR) is 113 cm³/mol. The highest BCUT2D eigenvalue weighted by Crippen LogP contribution is 2.28. The van der Waals surface area contributed by atoms with Crippen molar-refractivity contribution < 1.29 is 13.2 Å². The van der Waals surface area contributed by atoms with Gasteiger partial charge < -0.3 is 0 Å². The molecule has 1 amide bonds. The standard InChI is InChI=1S/C18H13N5O3S3/c24-16(20-18-22-21-17(28-18)13-7-10-27-11-13)12-1-3-15(4-2-12)29(25,26)23-14-5-8-19-9-6-14/h1-11H,(H,19,23)(H,20,22,24). The molecule has 0 fully saturated rings. The Morgan fingerprint density at radius 3 is 2.41 bits per heavy atom. The zero-order valence-corrected chi connectivity index (χ0v) is 17.1. The second-order valence-corrected chi connectivity index (χ2v) is 9.18. The highest BCUT2D eigenvalue weighted by Gasteiger charge is 2.16. The molecule has 4 aromatic rings. The van der Waals surface area contributed by atoms with Crippen molar-refractivity contribution >= 4 is 49.4 Å². The molecule has 0 spiro atoms. The van der Waals surface area contributed by atoms with Crippen LogP contribution in [-0.2, 0) is 10.0 Å². The van der Waals surface area contributed by atoms with Crippen LogP contribution in [0.5, 0.6) is 0 Å². The highest BCUT2D eigenvalue weighted by atomic mass is 32.2. The van der Waals surface area contributed by atoms with E-state index in [1.165, 1.54) is 48.0 Å². The van der Waals surface area contributed by atoms with E-state index in [1.807, 2.05) is 16.8 Å². The molecule has 0 saturated carbocycles. The maximum atomic E-state index is 12.4. The van der Waals surface area contributed by atoms with Crippen molar-refractivity contribution in [2.24, 2.45) is 0 Å². The minimum atomic E-state index is -3.77. The van der Waals surface area contributed by atoms with E-state index in [2.05, 4.69) is 25.2 Å². The first kappa shape index (κ1) is 19.2. The molecule has 29 heavy (non-hydrogen) atoms. The van der Waals surface area contributed by atoms with Gasteiger partial charge in [-0.25, -0.2) is 8.42 Å². The van der Waals surface area contributed by atoms with Crippen molar-refractivity contribution in [2.75, 3.05) is 10.0 Å². The van der Waals surface area contributed by atoms with Crippen LogP contribution in [0.25, 0.3) is 10.6 Å². The van der Waals surface area contributed by atoms with Crippen molar-refractivity contribution in [3.63, 3.8) is 0 Å². The average Bonchev–Trinajstić information content (AvgIpc) is 3.40. The van der Waals surface area contributed by atoms with Gasteiger partial charge in [0.2, 0.25) is 5.13 Å². The number of nitrogens with one attached hydrogen (secondary N) is 2. The molecule has 0 aliphatic heterocycles. The Balaban J connectivity index is 1.45. The number of benzene rings is 1. The summed E-state index contributed by atoms with van der Waals surface area (Å²) in [5.41, 5.74) is 1.66. The van der Waals surface area contributed by atoms with E-state index in [0.29, 0.717) is 21.4 Å². The van der Waals surface area contributed by atoms with Crippen LogP contribution in [0.3, 0.4) is 0 Å². The van der Waals surface area contributed by atoms with Crippen molar-refractivity contribution in [3.05, 3.63) is 71.2 Å². The molecule has 0 aliphatic carbocycles. The van der Waals surface area contributed by atoms with Crippen molar-refractivity contribution in [1.29, 1.82) is 0 Å². The maximum Gasteiger partial charge on any atom is 0.261 e. The Labute approximate surface area is 174 Å². The molecule has 2 N–H and O–H groups in total. The van der Waals surface area contributed by atoms with Gasteiger partial charge in [0.15, 0.2) is 0 Å². The molecule has 0 saturated heterocycles. The Morgan fingerprint density at radius 2 is 1.72 bits per heavy atom. The first-order valence-corrected chi connectivity index (χ1v) is 11.5. The quantitative estimate of drug-likeness (QED) is 0.469. The summed E-state index contributed by atoms with van der Waals surface area (Å²) >= 11 is 2.82. The fourth-order valence-corrected chi connectivity index (χ4v) is 4.87. The SMILES string of the molecule is O=C(Nc1nnc(-c2ccsc2)s1)c1ccc(S(=O)(=O)Nc2ccncc2)cc1. The van der Waals surface area contributed by atoms with Gasteiger partial charge in [-0.1, -0.05) is 11.3 Å². The molecule has 3 heterocycles. The number of hydrogen-bond acceptors (Lipinski definition) is 8. The molecular weight excluding hydrogens is 430 g/mol. The lowest BCUT2D eigenvalue weighted by atomic mass is 10.2. The van der Waals surface area contributed by atoms with Gasteiger partial charge in [-0.05, 0) is 47.8 Å². The lowest BCUT2D eigenvalue weighted by Crippen LogP contribution is -2.14. The van der Waals surface area contributed by atoms with Crippen molar-refractivity contribution in [1.82, 2.24) is 15.2 Å². The number of hydrogen-bond donors (Lipinski definition) is 2. The van der Waals surface area contributed by atoms with Crippen LogP contribution < -0.4 is 10.0 Å². The van der Waals surface area contributed by atoms with Gasteiger partial charge in [0.05, 0.1) is 10.6 Å². The number of aromatic nitrogens is 3. The van der Waals surface area contributed by atoms with Crippen LogP contribution in [0.15, 0.2) is 70.5 Å².